The van der Waals surface area contributed by atoms with Crippen molar-refractivity contribution in [3.8, 4) is 0 Å². The van der Waals surface area contributed by atoms with Gasteiger partial charge in [0.1, 0.15) is 0 Å². The molecule has 1 unspecified atom stereocenters. The third-order valence-electron chi connectivity index (χ3n) is 4.58. The number of aryl methyl sites for hydroxylation is 2. The summed E-state index contributed by atoms with van der Waals surface area (Å²) >= 11 is 0. The molecule has 1 N–H and O–H groups in total. The summed E-state index contributed by atoms with van der Waals surface area (Å²) in [5.41, 5.74) is 5.23. The number of benzene rings is 2. The summed E-state index contributed by atoms with van der Waals surface area (Å²) in [7, 11) is 0. The molecule has 0 saturated carbocycles. The lowest BCUT2D eigenvalue weighted by Crippen LogP contribution is -2.28. The first-order valence-corrected chi connectivity index (χ1v) is 8.02. The fourth-order valence-corrected chi connectivity index (χ4v) is 3.20. The highest BCUT2D eigenvalue weighted by Gasteiger charge is 2.24. The van der Waals surface area contributed by atoms with Crippen molar-refractivity contribution in [1.82, 2.24) is 5.32 Å². The van der Waals surface area contributed by atoms with Gasteiger partial charge in [0.05, 0.1) is 12.5 Å². The Morgan fingerprint density at radius 3 is 2.70 bits per heavy atom. The van der Waals surface area contributed by atoms with Gasteiger partial charge in [-0.25, -0.2) is 0 Å². The number of Topliss-reactive ketones (excluding diaryl/α,β-unsaturated/α-hetero) is 1. The Hall–Kier alpha value is -2.42. The van der Waals surface area contributed by atoms with E-state index in [1.807, 2.05) is 49.4 Å². The lowest BCUT2D eigenvalue weighted by atomic mass is 10.0. The fourth-order valence-electron chi connectivity index (χ4n) is 3.20. The highest BCUT2D eigenvalue weighted by atomic mass is 16.1. The molecule has 3 nitrogen and oxygen atoms in total. The second-order valence-corrected chi connectivity index (χ2v) is 6.23. The first-order valence-electron chi connectivity index (χ1n) is 8.02. The van der Waals surface area contributed by atoms with E-state index in [-0.39, 0.29) is 17.7 Å². The zero-order chi connectivity index (χ0) is 16.4. The number of hydrogen-bond donors (Lipinski definition) is 1. The van der Waals surface area contributed by atoms with Crippen LogP contribution in [-0.2, 0) is 17.6 Å². The largest absolute Gasteiger partial charge is 0.349 e. The van der Waals surface area contributed by atoms with E-state index in [4.69, 9.17) is 0 Å². The Morgan fingerprint density at radius 2 is 1.96 bits per heavy atom. The molecule has 3 heteroatoms. The lowest BCUT2D eigenvalue weighted by molar-refractivity contribution is -0.121. The SMILES string of the molecule is CC(=O)c1ccc2c(c1)C(NC(=O)Cc1ccccc1C)CC2. The highest BCUT2D eigenvalue weighted by Crippen LogP contribution is 2.32. The van der Waals surface area contributed by atoms with Crippen LogP contribution in [0.5, 0.6) is 0 Å². The smallest absolute Gasteiger partial charge is 0.224 e. The van der Waals surface area contributed by atoms with Crippen LogP contribution in [0.15, 0.2) is 42.5 Å². The molecule has 0 heterocycles. The van der Waals surface area contributed by atoms with Crippen molar-refractivity contribution in [3.63, 3.8) is 0 Å². The third-order valence-corrected chi connectivity index (χ3v) is 4.58. The van der Waals surface area contributed by atoms with Crippen LogP contribution in [0.3, 0.4) is 0 Å². The Kier molecular flexibility index (Phi) is 4.28. The average Bonchev–Trinajstić information content (AvgIpc) is 2.92. The van der Waals surface area contributed by atoms with Crippen molar-refractivity contribution in [2.75, 3.05) is 0 Å². The molecule has 1 aliphatic rings. The number of amides is 1. The quantitative estimate of drug-likeness (QED) is 0.878. The molecule has 23 heavy (non-hydrogen) atoms. The number of fused-ring (bicyclic) bond motifs is 1. The molecule has 0 saturated heterocycles. The number of nitrogens with one attached hydrogen (secondary N) is 1. The zero-order valence-electron chi connectivity index (χ0n) is 13.6. The van der Waals surface area contributed by atoms with Crippen LogP contribution >= 0.6 is 0 Å². The van der Waals surface area contributed by atoms with E-state index >= 15 is 0 Å². The van der Waals surface area contributed by atoms with E-state index in [0.717, 1.165) is 29.5 Å². The van der Waals surface area contributed by atoms with Crippen LogP contribution in [0.4, 0.5) is 0 Å². The van der Waals surface area contributed by atoms with Gasteiger partial charge in [0, 0.05) is 5.56 Å². The Labute approximate surface area is 136 Å². The number of carbonyl (C=O) groups excluding carboxylic acids is 2. The van der Waals surface area contributed by atoms with Gasteiger partial charge in [0.25, 0.3) is 0 Å². The second kappa shape index (κ2) is 6.37. The van der Waals surface area contributed by atoms with Gasteiger partial charge in [-0.2, -0.15) is 0 Å². The van der Waals surface area contributed by atoms with E-state index < -0.39 is 0 Å². The van der Waals surface area contributed by atoms with Crippen molar-refractivity contribution in [1.29, 1.82) is 0 Å². The second-order valence-electron chi connectivity index (χ2n) is 6.23. The summed E-state index contributed by atoms with van der Waals surface area (Å²) in [4.78, 5) is 23.9. The third kappa shape index (κ3) is 3.34. The minimum Gasteiger partial charge on any atom is -0.349 e. The van der Waals surface area contributed by atoms with Crippen molar-refractivity contribution < 1.29 is 9.59 Å². The molecule has 0 aliphatic heterocycles. The van der Waals surface area contributed by atoms with Crippen LogP contribution in [0, 0.1) is 6.92 Å². The van der Waals surface area contributed by atoms with Crippen molar-refractivity contribution in [2.24, 2.45) is 0 Å². The molecule has 1 aliphatic carbocycles. The van der Waals surface area contributed by atoms with E-state index in [1.165, 1.54) is 5.56 Å². The van der Waals surface area contributed by atoms with Gasteiger partial charge in [0.15, 0.2) is 5.78 Å². The van der Waals surface area contributed by atoms with Crippen LogP contribution < -0.4 is 5.32 Å². The highest BCUT2D eigenvalue weighted by molar-refractivity contribution is 5.94. The first-order chi connectivity index (χ1) is 11.0. The van der Waals surface area contributed by atoms with E-state index in [9.17, 15) is 9.59 Å². The fraction of sp³-hybridized carbons (Fsp3) is 0.300. The molecule has 2 aromatic rings. The molecular formula is C20H21NO2. The Morgan fingerprint density at radius 1 is 1.17 bits per heavy atom. The van der Waals surface area contributed by atoms with Gasteiger partial charge < -0.3 is 5.32 Å². The standard InChI is InChI=1S/C20H21NO2/c1-13-5-3-4-6-16(13)12-20(23)21-19-10-9-15-7-8-17(14(2)22)11-18(15)19/h3-8,11,19H,9-10,12H2,1-2H3,(H,21,23). The number of hydrogen-bond acceptors (Lipinski definition) is 2. The predicted molar refractivity (Wildman–Crippen MR) is 90.5 cm³/mol. The molecule has 1 atom stereocenters. The summed E-state index contributed by atoms with van der Waals surface area (Å²) in [5.74, 6) is 0.0927. The summed E-state index contributed by atoms with van der Waals surface area (Å²) < 4.78 is 0. The van der Waals surface area contributed by atoms with E-state index in [1.54, 1.807) is 6.92 Å². The minimum absolute atomic E-state index is 0.0146. The van der Waals surface area contributed by atoms with Crippen LogP contribution in [0.1, 0.15) is 52.0 Å². The lowest BCUT2D eigenvalue weighted by Gasteiger charge is -2.15. The molecule has 0 aromatic heterocycles. The Bertz CT molecular complexity index is 764. The van der Waals surface area contributed by atoms with Gasteiger partial charge in [-0.3, -0.25) is 9.59 Å². The van der Waals surface area contributed by atoms with Crippen molar-refractivity contribution >= 4 is 11.7 Å². The molecule has 118 valence electrons. The topological polar surface area (TPSA) is 46.2 Å². The molecule has 0 radical (unpaired) electrons. The first kappa shape index (κ1) is 15.5. The van der Waals surface area contributed by atoms with Gasteiger partial charge in [-0.1, -0.05) is 36.4 Å². The molecule has 2 aromatic carbocycles. The minimum atomic E-state index is 0.0146. The average molecular weight is 307 g/mol. The summed E-state index contributed by atoms with van der Waals surface area (Å²) in [6.45, 7) is 3.59. The van der Waals surface area contributed by atoms with Crippen LogP contribution in [-0.4, -0.2) is 11.7 Å². The summed E-state index contributed by atoms with van der Waals surface area (Å²) in [6, 6.07) is 13.8. The monoisotopic (exact) mass is 307 g/mol. The van der Waals surface area contributed by atoms with Crippen molar-refractivity contribution in [2.45, 2.75) is 39.2 Å². The normalized spacial score (nSPS) is 16.0. The molecule has 0 spiro atoms. The van der Waals surface area contributed by atoms with E-state index in [2.05, 4.69) is 5.32 Å². The van der Waals surface area contributed by atoms with Crippen LogP contribution in [0.2, 0.25) is 0 Å². The number of ketones is 1. The maximum Gasteiger partial charge on any atom is 0.224 e. The van der Waals surface area contributed by atoms with Crippen LogP contribution in [0.25, 0.3) is 0 Å². The number of carbonyl (C=O) groups is 2. The van der Waals surface area contributed by atoms with Gasteiger partial charge in [-0.05, 0) is 55.0 Å². The van der Waals surface area contributed by atoms with Gasteiger partial charge in [-0.15, -0.1) is 0 Å². The zero-order valence-corrected chi connectivity index (χ0v) is 13.6. The molecule has 1 amide bonds. The molecular weight excluding hydrogens is 286 g/mol. The maximum absolute atomic E-state index is 12.4. The van der Waals surface area contributed by atoms with Gasteiger partial charge >= 0.3 is 0 Å². The van der Waals surface area contributed by atoms with Gasteiger partial charge in [0.2, 0.25) is 5.91 Å². The summed E-state index contributed by atoms with van der Waals surface area (Å²) in [5, 5.41) is 3.13. The maximum atomic E-state index is 12.4. The molecule has 3 rings (SSSR count). The molecule has 0 fully saturated rings. The predicted octanol–water partition coefficient (Wildman–Crippen LogP) is 3.54. The van der Waals surface area contributed by atoms with E-state index in [0.29, 0.717) is 12.0 Å². The van der Waals surface area contributed by atoms with Crippen molar-refractivity contribution in [3.05, 3.63) is 70.3 Å². The number of rotatable bonds is 4. The Balaban J connectivity index is 1.73. The summed E-state index contributed by atoms with van der Waals surface area (Å²) in [6.07, 6.45) is 2.24. The molecule has 0 bridgehead atoms.